The molecule has 0 N–H and O–H groups in total. The monoisotopic (exact) mass is 198 g/mol. The van der Waals surface area contributed by atoms with Crippen molar-refractivity contribution in [2.24, 2.45) is 0 Å². The van der Waals surface area contributed by atoms with E-state index in [1.807, 2.05) is 20.8 Å². The maximum absolute atomic E-state index is 10.8. The molecule has 0 atom stereocenters. The molecule has 0 aromatic heterocycles. The lowest BCUT2D eigenvalue weighted by Crippen LogP contribution is -2.23. The van der Waals surface area contributed by atoms with Gasteiger partial charge in [0.2, 0.25) is 0 Å². The van der Waals surface area contributed by atoms with Crippen molar-refractivity contribution < 1.29 is 9.53 Å². The van der Waals surface area contributed by atoms with Crippen LogP contribution in [0.2, 0.25) is 0 Å². The minimum absolute atomic E-state index is 0.326. The van der Waals surface area contributed by atoms with Crippen LogP contribution >= 0.6 is 0 Å². The van der Waals surface area contributed by atoms with E-state index in [-0.39, 0.29) is 5.97 Å². The molecule has 0 amide bonds. The zero-order chi connectivity index (χ0) is 12.4. The maximum Gasteiger partial charge on any atom is 0.333 e. The summed E-state index contributed by atoms with van der Waals surface area (Å²) in [6.07, 6.45) is 0. The van der Waals surface area contributed by atoms with Gasteiger partial charge < -0.3 is 4.74 Å². The van der Waals surface area contributed by atoms with Crippen LogP contribution in [0.3, 0.4) is 0 Å². The first-order valence-electron chi connectivity index (χ1n) is 4.22. The topological polar surface area (TPSA) is 26.3 Å². The average molecular weight is 198 g/mol. The van der Waals surface area contributed by atoms with Crippen LogP contribution in [0, 0.1) is 0 Å². The Bertz CT molecular complexity index is 173. The summed E-state index contributed by atoms with van der Waals surface area (Å²) in [6.45, 7) is 22.6. The second-order valence-electron chi connectivity index (χ2n) is 3.28. The Morgan fingerprint density at radius 2 is 1.36 bits per heavy atom. The number of hydrogen-bond donors (Lipinski definition) is 0. The van der Waals surface area contributed by atoms with Crippen LogP contribution in [-0.4, -0.2) is 11.6 Å². The summed E-state index contributed by atoms with van der Waals surface area (Å²) in [5, 5.41) is 0. The minimum atomic E-state index is -0.407. The standard InChI is InChI=1S/C8H14O2.2C2H4/c1-6(2)7(9)10-8(3,4)5;2*1-2/h1H2,2-5H3;2*1-2H2. The third-order valence-electron chi connectivity index (χ3n) is 0.747. The van der Waals surface area contributed by atoms with Crippen LogP contribution < -0.4 is 0 Å². The van der Waals surface area contributed by atoms with Crippen molar-refractivity contribution >= 4 is 5.97 Å². The third-order valence-corrected chi connectivity index (χ3v) is 0.747. The highest BCUT2D eigenvalue weighted by Crippen LogP contribution is 2.09. The van der Waals surface area contributed by atoms with Gasteiger partial charge in [0.25, 0.3) is 0 Å². The Morgan fingerprint density at radius 3 is 1.43 bits per heavy atom. The van der Waals surface area contributed by atoms with E-state index in [0.717, 1.165) is 0 Å². The first-order valence-corrected chi connectivity index (χ1v) is 4.22. The van der Waals surface area contributed by atoms with Crippen LogP contribution in [-0.2, 0) is 9.53 Å². The molecule has 0 aromatic rings. The molecule has 2 nitrogen and oxygen atoms in total. The first-order chi connectivity index (χ1) is 6.33. The first kappa shape index (κ1) is 18.5. The molecule has 82 valence electrons. The quantitative estimate of drug-likeness (QED) is 0.366. The van der Waals surface area contributed by atoms with Gasteiger partial charge in [0.05, 0.1) is 0 Å². The summed E-state index contributed by atoms with van der Waals surface area (Å²) in [5.74, 6) is -0.326. The summed E-state index contributed by atoms with van der Waals surface area (Å²) in [5.41, 5.74) is 0.0330. The van der Waals surface area contributed by atoms with Gasteiger partial charge in [-0.05, 0) is 27.7 Å². The lowest BCUT2D eigenvalue weighted by molar-refractivity contribution is -0.149. The fourth-order valence-electron chi connectivity index (χ4n) is 0.365. The molecule has 0 saturated carbocycles. The van der Waals surface area contributed by atoms with Crippen molar-refractivity contribution in [3.05, 3.63) is 38.5 Å². The summed E-state index contributed by atoms with van der Waals surface area (Å²) in [4.78, 5) is 10.8. The Balaban J connectivity index is -0.000000266. The van der Waals surface area contributed by atoms with E-state index in [1.54, 1.807) is 6.92 Å². The number of ether oxygens (including phenoxy) is 1. The second kappa shape index (κ2) is 9.78. The fraction of sp³-hybridized carbons (Fsp3) is 0.417. The zero-order valence-electron chi connectivity index (χ0n) is 9.85. The molecule has 0 saturated heterocycles. The molecule has 0 aliphatic heterocycles. The molecule has 0 aliphatic rings. The van der Waals surface area contributed by atoms with E-state index in [4.69, 9.17) is 4.74 Å². The predicted octanol–water partition coefficient (Wildman–Crippen LogP) is 3.51. The molecule has 0 fully saturated rings. The van der Waals surface area contributed by atoms with E-state index >= 15 is 0 Å². The van der Waals surface area contributed by atoms with Crippen LogP contribution in [0.25, 0.3) is 0 Å². The molecule has 0 bridgehead atoms. The number of esters is 1. The highest BCUT2D eigenvalue weighted by molar-refractivity contribution is 5.87. The number of carbonyl (C=O) groups excluding carboxylic acids is 1. The normalized spacial score (nSPS) is 8.29. The maximum atomic E-state index is 10.8. The molecular weight excluding hydrogens is 176 g/mol. The van der Waals surface area contributed by atoms with Crippen molar-refractivity contribution in [2.45, 2.75) is 33.3 Å². The number of rotatable bonds is 1. The smallest absolute Gasteiger partial charge is 0.333 e. The van der Waals surface area contributed by atoms with Gasteiger partial charge in [0.15, 0.2) is 0 Å². The van der Waals surface area contributed by atoms with Gasteiger partial charge in [-0.2, -0.15) is 0 Å². The van der Waals surface area contributed by atoms with Crippen LogP contribution in [0.1, 0.15) is 27.7 Å². The van der Waals surface area contributed by atoms with Crippen LogP contribution in [0.4, 0.5) is 0 Å². The van der Waals surface area contributed by atoms with Crippen molar-refractivity contribution in [2.75, 3.05) is 0 Å². The average Bonchev–Trinajstić information content (AvgIpc) is 2.08. The van der Waals surface area contributed by atoms with E-state index in [9.17, 15) is 4.79 Å². The van der Waals surface area contributed by atoms with Crippen molar-refractivity contribution in [3.8, 4) is 0 Å². The van der Waals surface area contributed by atoms with E-state index in [0.29, 0.717) is 5.57 Å². The fourth-order valence-corrected chi connectivity index (χ4v) is 0.365. The second-order valence-corrected chi connectivity index (χ2v) is 3.28. The molecule has 0 spiro atoms. The molecular formula is C12H22O2. The minimum Gasteiger partial charge on any atom is -0.457 e. The van der Waals surface area contributed by atoms with Crippen LogP contribution in [0.15, 0.2) is 38.5 Å². The molecule has 0 unspecified atom stereocenters. The van der Waals surface area contributed by atoms with Crippen molar-refractivity contribution in [1.82, 2.24) is 0 Å². The van der Waals surface area contributed by atoms with Crippen molar-refractivity contribution in [1.29, 1.82) is 0 Å². The lowest BCUT2D eigenvalue weighted by Gasteiger charge is -2.19. The SMILES string of the molecule is C=C.C=C.C=C(C)C(=O)OC(C)(C)C. The van der Waals surface area contributed by atoms with Crippen molar-refractivity contribution in [3.63, 3.8) is 0 Å². The Hall–Kier alpha value is -1.31. The predicted molar refractivity (Wildman–Crippen MR) is 63.2 cm³/mol. The summed E-state index contributed by atoms with van der Waals surface area (Å²) < 4.78 is 4.96. The number of carbonyl (C=O) groups is 1. The molecule has 0 radical (unpaired) electrons. The molecule has 14 heavy (non-hydrogen) atoms. The number of hydrogen-bond acceptors (Lipinski definition) is 2. The molecule has 0 aromatic carbocycles. The highest BCUT2D eigenvalue weighted by atomic mass is 16.6. The van der Waals surface area contributed by atoms with E-state index in [1.165, 1.54) is 0 Å². The van der Waals surface area contributed by atoms with Gasteiger partial charge in [-0.15, -0.1) is 26.3 Å². The van der Waals surface area contributed by atoms with Gasteiger partial charge in [-0.3, -0.25) is 0 Å². The van der Waals surface area contributed by atoms with Crippen LogP contribution in [0.5, 0.6) is 0 Å². The Morgan fingerprint density at radius 1 is 1.07 bits per heavy atom. The molecule has 0 aliphatic carbocycles. The van der Waals surface area contributed by atoms with Gasteiger partial charge >= 0.3 is 5.97 Å². The highest BCUT2D eigenvalue weighted by Gasteiger charge is 2.15. The summed E-state index contributed by atoms with van der Waals surface area (Å²) in [7, 11) is 0. The van der Waals surface area contributed by atoms with E-state index in [2.05, 4.69) is 32.9 Å². The Labute approximate surface area is 88.0 Å². The molecule has 0 rings (SSSR count). The zero-order valence-corrected chi connectivity index (χ0v) is 9.85. The van der Waals surface area contributed by atoms with Gasteiger partial charge in [0, 0.05) is 5.57 Å². The molecule has 0 heterocycles. The van der Waals surface area contributed by atoms with Gasteiger partial charge in [0.1, 0.15) is 5.60 Å². The third kappa shape index (κ3) is 17.0. The van der Waals surface area contributed by atoms with Gasteiger partial charge in [-0.25, -0.2) is 4.79 Å². The summed E-state index contributed by atoms with van der Waals surface area (Å²) in [6, 6.07) is 0. The Kier molecular flexibility index (Phi) is 12.9. The lowest BCUT2D eigenvalue weighted by atomic mass is 10.2. The summed E-state index contributed by atoms with van der Waals surface area (Å²) >= 11 is 0. The molecule has 2 heteroatoms. The van der Waals surface area contributed by atoms with Gasteiger partial charge in [-0.1, -0.05) is 6.58 Å². The largest absolute Gasteiger partial charge is 0.457 e. The van der Waals surface area contributed by atoms with E-state index < -0.39 is 5.60 Å².